The molecule has 5 heterocycles. The molecule has 0 spiro atoms. The number of fused-ring (bicyclic) bond motifs is 1. The van der Waals surface area contributed by atoms with Gasteiger partial charge in [0.15, 0.2) is 5.82 Å². The molecule has 0 saturated carbocycles. The standard InChI is InChI=1S/C44H53ClN9O7P/c1-59-38-26-31(13-14-35(38)48-44-46-27-34(45)41(50-44)47-36-11-4-5-12-39(36)62(58,60-2)61-3)52-20-17-30(18-21-52)53-24-22-51(23-25-53)19-7-9-29-8-6-10-32-33(29)28-54(43(32)57)37-15-16-40(55)49-42(37)56/h4-6,8,10-14,26-27,30,37H,7,9,15-25,28H2,1-3H3,(H,49,55,56)(H2,46,47,48,50). The van der Waals surface area contributed by atoms with Gasteiger partial charge >= 0.3 is 7.60 Å². The zero-order valence-corrected chi connectivity index (χ0v) is 36.9. The minimum Gasteiger partial charge on any atom is -0.494 e. The third kappa shape index (κ3) is 9.31. The van der Waals surface area contributed by atoms with Gasteiger partial charge in [-0.2, -0.15) is 4.98 Å². The maximum atomic E-state index is 13.3. The molecule has 62 heavy (non-hydrogen) atoms. The van der Waals surface area contributed by atoms with Crippen LogP contribution in [0, 0.1) is 0 Å². The van der Waals surface area contributed by atoms with Gasteiger partial charge in [0.1, 0.15) is 16.8 Å². The summed E-state index contributed by atoms with van der Waals surface area (Å²) < 4.78 is 29.5. The molecule has 1 aromatic heterocycles. The summed E-state index contributed by atoms with van der Waals surface area (Å²) >= 11 is 6.49. The minimum atomic E-state index is -3.56. The first kappa shape index (κ1) is 43.6. The number of nitrogens with one attached hydrogen (secondary N) is 3. The van der Waals surface area contributed by atoms with Gasteiger partial charge in [0, 0.05) is 89.8 Å². The first-order valence-electron chi connectivity index (χ1n) is 21.1. The first-order chi connectivity index (χ1) is 30.1. The van der Waals surface area contributed by atoms with Gasteiger partial charge in [-0.1, -0.05) is 35.9 Å². The number of anilines is 5. The Morgan fingerprint density at radius 1 is 0.887 bits per heavy atom. The molecule has 18 heteroatoms. The second-order valence-electron chi connectivity index (χ2n) is 15.9. The maximum absolute atomic E-state index is 13.3. The number of nitrogens with zero attached hydrogens (tertiary/aromatic N) is 6. The van der Waals surface area contributed by atoms with E-state index >= 15 is 0 Å². The Balaban J connectivity index is 0.804. The van der Waals surface area contributed by atoms with E-state index in [1.54, 1.807) is 36.3 Å². The van der Waals surface area contributed by atoms with E-state index in [4.69, 9.17) is 25.4 Å². The van der Waals surface area contributed by atoms with Gasteiger partial charge in [-0.05, 0) is 80.1 Å². The molecule has 8 rings (SSSR count). The van der Waals surface area contributed by atoms with Crippen molar-refractivity contribution in [3.8, 4) is 5.75 Å². The normalized spacial score (nSPS) is 19.1. The van der Waals surface area contributed by atoms with Crippen LogP contribution >= 0.6 is 19.2 Å². The number of benzene rings is 3. The Kier molecular flexibility index (Phi) is 13.4. The van der Waals surface area contributed by atoms with E-state index in [-0.39, 0.29) is 29.2 Å². The van der Waals surface area contributed by atoms with E-state index in [0.29, 0.717) is 58.8 Å². The summed E-state index contributed by atoms with van der Waals surface area (Å²) in [5.41, 5.74) is 5.12. The Bertz CT molecular complexity index is 2350. The van der Waals surface area contributed by atoms with Crippen LogP contribution < -0.4 is 30.9 Å². The number of rotatable bonds is 15. The number of carbonyl (C=O) groups is 3. The summed E-state index contributed by atoms with van der Waals surface area (Å²) in [6, 6.07) is 18.9. The number of halogens is 1. The van der Waals surface area contributed by atoms with Gasteiger partial charge in [-0.15, -0.1) is 0 Å². The molecule has 3 saturated heterocycles. The van der Waals surface area contributed by atoms with Crippen LogP contribution in [0.5, 0.6) is 5.75 Å². The van der Waals surface area contributed by atoms with Crippen molar-refractivity contribution in [1.29, 1.82) is 0 Å². The van der Waals surface area contributed by atoms with Crippen LogP contribution in [-0.4, -0.2) is 122 Å². The number of hydrogen-bond acceptors (Lipinski definition) is 14. The topological polar surface area (TPSA) is 171 Å². The Labute approximate surface area is 366 Å². The van der Waals surface area contributed by atoms with Crippen LogP contribution in [0.2, 0.25) is 5.02 Å². The largest absolute Gasteiger partial charge is 0.494 e. The lowest BCUT2D eigenvalue weighted by Gasteiger charge is -2.43. The predicted molar refractivity (Wildman–Crippen MR) is 238 cm³/mol. The number of amides is 3. The summed E-state index contributed by atoms with van der Waals surface area (Å²) in [6.45, 7) is 7.47. The second kappa shape index (κ2) is 19.1. The van der Waals surface area contributed by atoms with Gasteiger partial charge in [-0.25, -0.2) is 4.98 Å². The van der Waals surface area contributed by atoms with Gasteiger partial charge < -0.3 is 39.1 Å². The molecule has 0 aliphatic carbocycles. The molecule has 0 bridgehead atoms. The molecule has 3 N–H and O–H groups in total. The number of aromatic nitrogens is 2. The molecule has 0 radical (unpaired) electrons. The minimum absolute atomic E-state index is 0.121. The van der Waals surface area contributed by atoms with Crippen molar-refractivity contribution in [3.05, 3.63) is 88.6 Å². The van der Waals surface area contributed by atoms with Crippen molar-refractivity contribution >= 4 is 71.1 Å². The van der Waals surface area contributed by atoms with Crippen LogP contribution in [-0.2, 0) is 36.2 Å². The SMILES string of the molecule is COc1cc(N2CCC(N3CCN(CCCc4cccc5c4CN(C4CCC(=O)NC4=O)C5=O)CC3)CC2)ccc1Nc1ncc(Cl)c(Nc2ccccc2P(=O)(OC)OC)n1. The molecule has 328 valence electrons. The Hall–Kier alpha value is -5.09. The van der Waals surface area contributed by atoms with E-state index in [2.05, 4.69) is 52.8 Å². The summed E-state index contributed by atoms with van der Waals surface area (Å²) in [4.78, 5) is 55.7. The number of imide groups is 1. The highest BCUT2D eigenvalue weighted by Crippen LogP contribution is 2.47. The van der Waals surface area contributed by atoms with E-state index in [0.717, 1.165) is 82.7 Å². The van der Waals surface area contributed by atoms with Crippen LogP contribution in [0.15, 0.2) is 66.9 Å². The second-order valence-corrected chi connectivity index (χ2v) is 18.6. The Morgan fingerprint density at radius 3 is 2.40 bits per heavy atom. The lowest BCUT2D eigenvalue weighted by Crippen LogP contribution is -2.53. The molecule has 3 fully saturated rings. The van der Waals surface area contributed by atoms with E-state index in [1.165, 1.54) is 26.0 Å². The van der Waals surface area contributed by atoms with Gasteiger partial charge in [-0.3, -0.25) is 29.2 Å². The smallest absolute Gasteiger partial charge is 0.362 e. The number of ether oxygens (including phenoxy) is 1. The molecule has 3 amide bonds. The quantitative estimate of drug-likeness (QED) is 0.0979. The zero-order chi connectivity index (χ0) is 43.4. The molecule has 1 unspecified atom stereocenters. The van der Waals surface area contributed by atoms with Gasteiger partial charge in [0.2, 0.25) is 17.8 Å². The van der Waals surface area contributed by atoms with Crippen molar-refractivity contribution in [3.63, 3.8) is 0 Å². The fourth-order valence-corrected chi connectivity index (χ4v) is 10.4. The fourth-order valence-electron chi connectivity index (χ4n) is 9.05. The summed E-state index contributed by atoms with van der Waals surface area (Å²) in [5, 5.41) is 9.43. The molecule has 3 aromatic carbocycles. The highest BCUT2D eigenvalue weighted by molar-refractivity contribution is 7.62. The highest BCUT2D eigenvalue weighted by atomic mass is 35.5. The number of aryl methyl sites for hydroxylation is 1. The van der Waals surface area contributed by atoms with E-state index < -0.39 is 13.6 Å². The summed E-state index contributed by atoms with van der Waals surface area (Å²) in [7, 11) is 0.750. The number of para-hydroxylation sites is 1. The van der Waals surface area contributed by atoms with E-state index in [1.807, 2.05) is 24.3 Å². The average molecular weight is 886 g/mol. The zero-order valence-electron chi connectivity index (χ0n) is 35.3. The summed E-state index contributed by atoms with van der Waals surface area (Å²) in [6.07, 6.45) is 6.14. The lowest BCUT2D eigenvalue weighted by molar-refractivity contribution is -0.136. The molecule has 16 nitrogen and oxygen atoms in total. The van der Waals surface area contributed by atoms with Crippen LogP contribution in [0.1, 0.15) is 53.6 Å². The van der Waals surface area contributed by atoms with Crippen LogP contribution in [0.25, 0.3) is 0 Å². The Morgan fingerprint density at radius 2 is 1.66 bits per heavy atom. The van der Waals surface area contributed by atoms with Crippen LogP contribution in [0.4, 0.5) is 28.8 Å². The average Bonchev–Trinajstić information content (AvgIpc) is 3.63. The van der Waals surface area contributed by atoms with Crippen molar-refractivity contribution in [2.24, 2.45) is 0 Å². The molecule has 4 aromatic rings. The van der Waals surface area contributed by atoms with Crippen LogP contribution in [0.3, 0.4) is 0 Å². The fraction of sp³-hybridized carbons (Fsp3) is 0.432. The number of methoxy groups -OCH3 is 1. The number of piperidine rings is 2. The summed E-state index contributed by atoms with van der Waals surface area (Å²) in [5.74, 6) is 0.477. The number of piperazine rings is 1. The molecule has 4 aliphatic heterocycles. The first-order valence-corrected chi connectivity index (χ1v) is 23.0. The molecule has 1 atom stereocenters. The third-order valence-corrected chi connectivity index (χ3v) is 14.7. The molecular weight excluding hydrogens is 833 g/mol. The predicted octanol–water partition coefficient (Wildman–Crippen LogP) is 5.72. The van der Waals surface area contributed by atoms with Crippen molar-refractivity contribution in [2.45, 2.75) is 57.2 Å². The highest BCUT2D eigenvalue weighted by Gasteiger charge is 2.40. The lowest BCUT2D eigenvalue weighted by atomic mass is 9.99. The van der Waals surface area contributed by atoms with E-state index in [9.17, 15) is 18.9 Å². The monoisotopic (exact) mass is 885 g/mol. The molecular formula is C44H53ClN9O7P. The maximum Gasteiger partial charge on any atom is 0.362 e. The van der Waals surface area contributed by atoms with Crippen molar-refractivity contribution < 1.29 is 32.7 Å². The third-order valence-electron chi connectivity index (χ3n) is 12.5. The van der Waals surface area contributed by atoms with Gasteiger partial charge in [0.25, 0.3) is 5.91 Å². The van der Waals surface area contributed by atoms with Crippen molar-refractivity contribution in [1.82, 2.24) is 30.0 Å². The van der Waals surface area contributed by atoms with Crippen molar-refractivity contribution in [2.75, 3.05) is 82.7 Å². The number of hydrogen-bond donors (Lipinski definition) is 3. The van der Waals surface area contributed by atoms with Gasteiger partial charge in [0.05, 0.1) is 30.0 Å². The number of carbonyl (C=O) groups excluding carboxylic acids is 3. The molecule has 4 aliphatic rings.